The molecule has 0 bridgehead atoms. The van der Waals surface area contributed by atoms with Crippen LogP contribution in [0.4, 0.5) is 0 Å². The van der Waals surface area contributed by atoms with Gasteiger partial charge in [-0.3, -0.25) is 4.79 Å². The molecule has 0 spiro atoms. The van der Waals surface area contributed by atoms with E-state index in [0.717, 1.165) is 12.0 Å². The van der Waals surface area contributed by atoms with Crippen LogP contribution in [0.25, 0.3) is 0 Å². The van der Waals surface area contributed by atoms with Gasteiger partial charge < -0.3 is 14.7 Å². The first-order valence-electron chi connectivity index (χ1n) is 6.82. The lowest BCUT2D eigenvalue weighted by atomic mass is 10.0. The maximum atomic E-state index is 12.1. The number of hydrogen-bond donors (Lipinski definition) is 1. The third-order valence-corrected chi connectivity index (χ3v) is 4.31. The second-order valence-electron chi connectivity index (χ2n) is 5.30. The van der Waals surface area contributed by atoms with Gasteiger partial charge >= 0.3 is 0 Å². The molecule has 1 aromatic carbocycles. The van der Waals surface area contributed by atoms with Gasteiger partial charge in [-0.2, -0.15) is 0 Å². The average Bonchev–Trinajstić information content (AvgIpc) is 2.80. The number of ether oxygens (including phenoxy) is 1. The Morgan fingerprint density at radius 1 is 1.55 bits per heavy atom. The summed E-state index contributed by atoms with van der Waals surface area (Å²) in [4.78, 5) is 13.9. The van der Waals surface area contributed by atoms with Crippen LogP contribution in [0.3, 0.4) is 0 Å². The zero-order chi connectivity index (χ0) is 14.7. The third-order valence-electron chi connectivity index (χ3n) is 3.88. The number of rotatable bonds is 4. The molecule has 1 heterocycles. The van der Waals surface area contributed by atoms with Crippen LogP contribution < -0.4 is 4.74 Å². The van der Waals surface area contributed by atoms with E-state index >= 15 is 0 Å². The second-order valence-corrected chi connectivity index (χ2v) is 5.71. The first kappa shape index (κ1) is 15.1. The number of carbonyl (C=O) groups is 1. The van der Waals surface area contributed by atoms with Crippen molar-refractivity contribution in [3.8, 4) is 5.75 Å². The van der Waals surface area contributed by atoms with E-state index in [2.05, 4.69) is 6.92 Å². The van der Waals surface area contributed by atoms with Crippen LogP contribution in [0.15, 0.2) is 18.2 Å². The van der Waals surface area contributed by atoms with Crippen LogP contribution in [-0.4, -0.2) is 41.7 Å². The van der Waals surface area contributed by atoms with Crippen molar-refractivity contribution in [3.63, 3.8) is 0 Å². The van der Waals surface area contributed by atoms with Crippen LogP contribution in [0.1, 0.15) is 18.9 Å². The van der Waals surface area contributed by atoms with E-state index in [1.807, 2.05) is 13.0 Å². The molecule has 2 unspecified atom stereocenters. The molecular weight excluding hydrogens is 278 g/mol. The topological polar surface area (TPSA) is 49.8 Å². The normalized spacial score (nSPS) is 22.1. The molecule has 1 amide bonds. The van der Waals surface area contributed by atoms with E-state index in [0.29, 0.717) is 23.2 Å². The predicted octanol–water partition coefficient (Wildman–Crippen LogP) is 2.26. The van der Waals surface area contributed by atoms with Crippen LogP contribution in [0.5, 0.6) is 5.75 Å². The lowest BCUT2D eigenvalue weighted by Gasteiger charge is -2.25. The van der Waals surface area contributed by atoms with Crippen molar-refractivity contribution in [2.45, 2.75) is 26.3 Å². The smallest absolute Gasteiger partial charge is 0.260 e. The molecule has 1 aromatic rings. The molecule has 4 nitrogen and oxygen atoms in total. The number of aryl methyl sites for hydroxylation is 1. The van der Waals surface area contributed by atoms with Gasteiger partial charge in [0.2, 0.25) is 0 Å². The van der Waals surface area contributed by atoms with E-state index in [9.17, 15) is 9.90 Å². The van der Waals surface area contributed by atoms with E-state index in [-0.39, 0.29) is 25.2 Å². The Bertz CT molecular complexity index is 492. The summed E-state index contributed by atoms with van der Waals surface area (Å²) in [5, 5.41) is 10.0. The van der Waals surface area contributed by atoms with E-state index in [1.54, 1.807) is 17.0 Å². The van der Waals surface area contributed by atoms with Gasteiger partial charge in [-0.05, 0) is 43.0 Å². The number of aliphatic hydroxyl groups excluding tert-OH is 1. The molecule has 0 aliphatic carbocycles. The first-order valence-corrected chi connectivity index (χ1v) is 7.20. The zero-order valence-electron chi connectivity index (χ0n) is 11.8. The summed E-state index contributed by atoms with van der Waals surface area (Å²) in [6.07, 6.45) is 0.928. The van der Waals surface area contributed by atoms with Gasteiger partial charge in [0.05, 0.1) is 12.6 Å². The van der Waals surface area contributed by atoms with Crippen LogP contribution in [-0.2, 0) is 4.79 Å². The lowest BCUT2D eigenvalue weighted by Crippen LogP contribution is -2.42. The Balaban J connectivity index is 1.93. The van der Waals surface area contributed by atoms with Gasteiger partial charge in [0.15, 0.2) is 6.61 Å². The highest BCUT2D eigenvalue weighted by molar-refractivity contribution is 6.31. The van der Waals surface area contributed by atoms with Crippen molar-refractivity contribution in [2.24, 2.45) is 5.92 Å². The maximum absolute atomic E-state index is 12.1. The fraction of sp³-hybridized carbons (Fsp3) is 0.533. The number of amides is 1. The molecular formula is C15H20ClNO3. The number of benzene rings is 1. The average molecular weight is 298 g/mol. The molecule has 1 aliphatic rings. The summed E-state index contributed by atoms with van der Waals surface area (Å²) in [5.41, 5.74) is 0.916. The summed E-state index contributed by atoms with van der Waals surface area (Å²) >= 11 is 5.94. The van der Waals surface area contributed by atoms with E-state index in [1.165, 1.54) is 0 Å². The molecule has 0 aromatic heterocycles. The van der Waals surface area contributed by atoms with Crippen LogP contribution in [0.2, 0.25) is 5.02 Å². The number of aliphatic hydroxyl groups is 1. The van der Waals surface area contributed by atoms with Crippen molar-refractivity contribution < 1.29 is 14.6 Å². The molecule has 20 heavy (non-hydrogen) atoms. The van der Waals surface area contributed by atoms with E-state index in [4.69, 9.17) is 16.3 Å². The van der Waals surface area contributed by atoms with Gasteiger partial charge in [0, 0.05) is 11.6 Å². The molecule has 110 valence electrons. The molecule has 1 N–H and O–H groups in total. The molecule has 1 saturated heterocycles. The second kappa shape index (κ2) is 6.46. The van der Waals surface area contributed by atoms with Gasteiger partial charge in [-0.15, -0.1) is 0 Å². The van der Waals surface area contributed by atoms with Crippen LogP contribution >= 0.6 is 11.6 Å². The van der Waals surface area contributed by atoms with Crippen molar-refractivity contribution >= 4 is 17.5 Å². The summed E-state index contributed by atoms with van der Waals surface area (Å²) < 4.78 is 5.51. The monoisotopic (exact) mass is 297 g/mol. The Morgan fingerprint density at radius 3 is 2.95 bits per heavy atom. The fourth-order valence-electron chi connectivity index (χ4n) is 2.53. The predicted molar refractivity (Wildman–Crippen MR) is 78.1 cm³/mol. The Labute approximate surface area is 124 Å². The van der Waals surface area contributed by atoms with Gasteiger partial charge in [0.1, 0.15) is 5.75 Å². The SMILES string of the molecule is Cc1cc(OCC(=O)N2CCC(C)C2CO)ccc1Cl. The van der Waals surface area contributed by atoms with E-state index < -0.39 is 0 Å². The standard InChI is InChI=1S/C15H20ClNO3/c1-10-5-6-17(14(10)8-18)15(19)9-20-12-3-4-13(16)11(2)7-12/h3-4,7,10,14,18H,5-6,8-9H2,1-2H3. The van der Waals surface area contributed by atoms with Crippen molar-refractivity contribution in [1.29, 1.82) is 0 Å². The van der Waals surface area contributed by atoms with Crippen molar-refractivity contribution in [2.75, 3.05) is 19.8 Å². The summed E-state index contributed by atoms with van der Waals surface area (Å²) in [5.74, 6) is 0.885. The molecule has 2 atom stereocenters. The minimum absolute atomic E-state index is 0.00690. The van der Waals surface area contributed by atoms with Gasteiger partial charge in [0.25, 0.3) is 5.91 Å². The Hall–Kier alpha value is -1.26. The fourth-order valence-corrected chi connectivity index (χ4v) is 2.65. The summed E-state index contributed by atoms with van der Waals surface area (Å²) in [6.45, 7) is 4.63. The molecule has 2 rings (SSSR count). The highest BCUT2D eigenvalue weighted by Gasteiger charge is 2.33. The largest absolute Gasteiger partial charge is 0.484 e. The zero-order valence-corrected chi connectivity index (χ0v) is 12.6. The Kier molecular flexibility index (Phi) is 4.89. The van der Waals surface area contributed by atoms with Gasteiger partial charge in [-0.25, -0.2) is 0 Å². The van der Waals surface area contributed by atoms with Gasteiger partial charge in [-0.1, -0.05) is 18.5 Å². The van der Waals surface area contributed by atoms with Crippen molar-refractivity contribution in [3.05, 3.63) is 28.8 Å². The quantitative estimate of drug-likeness (QED) is 0.927. The van der Waals surface area contributed by atoms with Crippen molar-refractivity contribution in [1.82, 2.24) is 4.90 Å². The molecule has 0 radical (unpaired) electrons. The highest BCUT2D eigenvalue weighted by Crippen LogP contribution is 2.24. The summed E-state index contributed by atoms with van der Waals surface area (Å²) in [6, 6.07) is 5.23. The maximum Gasteiger partial charge on any atom is 0.260 e. The molecule has 1 aliphatic heterocycles. The molecule has 1 fully saturated rings. The molecule has 5 heteroatoms. The number of carbonyl (C=O) groups excluding carboxylic acids is 1. The number of nitrogens with zero attached hydrogens (tertiary/aromatic N) is 1. The minimum Gasteiger partial charge on any atom is -0.484 e. The highest BCUT2D eigenvalue weighted by atomic mass is 35.5. The first-order chi connectivity index (χ1) is 9.52. The third kappa shape index (κ3) is 3.25. The lowest BCUT2D eigenvalue weighted by molar-refractivity contribution is -0.135. The van der Waals surface area contributed by atoms with Crippen LogP contribution in [0, 0.1) is 12.8 Å². The number of hydrogen-bond acceptors (Lipinski definition) is 3. The molecule has 0 saturated carbocycles. The number of likely N-dealkylation sites (tertiary alicyclic amines) is 1. The number of halogens is 1. The summed E-state index contributed by atoms with van der Waals surface area (Å²) in [7, 11) is 0. The minimum atomic E-state index is -0.0851. The Morgan fingerprint density at radius 2 is 2.30 bits per heavy atom.